The Morgan fingerprint density at radius 1 is 1.05 bits per heavy atom. The lowest BCUT2D eigenvalue weighted by molar-refractivity contribution is 0.0733. The maximum Gasteiger partial charge on any atom is 0.343 e. The van der Waals surface area contributed by atoms with Crippen LogP contribution in [0.4, 0.5) is 5.00 Å². The van der Waals surface area contributed by atoms with E-state index in [0.29, 0.717) is 23.0 Å². The van der Waals surface area contributed by atoms with E-state index in [1.165, 1.54) is 43.9 Å². The van der Waals surface area contributed by atoms with Gasteiger partial charge in [0.25, 0.3) is 5.91 Å². The maximum absolute atomic E-state index is 13.0. The van der Waals surface area contributed by atoms with Gasteiger partial charge in [-0.15, -0.1) is 11.3 Å². The second-order valence-corrected chi connectivity index (χ2v) is 9.86. The molecule has 1 atom stereocenters. The van der Waals surface area contributed by atoms with Crippen molar-refractivity contribution >= 4 is 28.2 Å². The molecule has 0 fully saturated rings. The number of hydrogen-bond acceptors (Lipinski definition) is 9. The molecule has 2 aliphatic heterocycles. The first-order valence-electron chi connectivity index (χ1n) is 12.0. The molecule has 5 rings (SSSR count). The van der Waals surface area contributed by atoms with Crippen LogP contribution < -0.4 is 29.6 Å². The number of benzene rings is 2. The summed E-state index contributed by atoms with van der Waals surface area (Å²) >= 11 is 1.66. The highest BCUT2D eigenvalue weighted by atomic mass is 32.1. The molecule has 2 aromatic carbocycles. The minimum atomic E-state index is -0.564. The van der Waals surface area contributed by atoms with Crippen LogP contribution in [0.15, 0.2) is 36.4 Å². The summed E-state index contributed by atoms with van der Waals surface area (Å²) in [5.41, 5.74) is 3.06. The number of likely N-dealkylation sites (N-methyl/N-ethyl adjacent to an activating group) is 1. The van der Waals surface area contributed by atoms with Crippen LogP contribution >= 0.6 is 11.3 Å². The highest BCUT2D eigenvalue weighted by Gasteiger charge is 2.33. The maximum atomic E-state index is 13.0. The number of fused-ring (bicyclic) bond motifs is 3. The molecule has 0 radical (unpaired) electrons. The number of nitrogens with one attached hydrogen (secondary N) is 2. The number of esters is 1. The van der Waals surface area contributed by atoms with Gasteiger partial charge in [-0.2, -0.15) is 0 Å². The predicted octanol–water partition coefficient (Wildman–Crippen LogP) is 4.23. The van der Waals surface area contributed by atoms with Crippen LogP contribution in [0.5, 0.6) is 23.0 Å². The fourth-order valence-corrected chi connectivity index (χ4v) is 6.01. The van der Waals surface area contributed by atoms with Gasteiger partial charge >= 0.3 is 5.97 Å². The summed E-state index contributed by atoms with van der Waals surface area (Å²) in [6.45, 7) is 5.01. The van der Waals surface area contributed by atoms with E-state index in [1.54, 1.807) is 23.5 Å². The number of hydrogen-bond donors (Lipinski definition) is 2. The smallest absolute Gasteiger partial charge is 0.343 e. The van der Waals surface area contributed by atoms with Gasteiger partial charge in [0.1, 0.15) is 16.9 Å². The summed E-state index contributed by atoms with van der Waals surface area (Å²) in [6, 6.07) is 10.1. The van der Waals surface area contributed by atoms with Crippen LogP contribution in [0.1, 0.15) is 49.8 Å². The van der Waals surface area contributed by atoms with Crippen LogP contribution in [0.25, 0.3) is 0 Å². The predicted molar refractivity (Wildman–Crippen MR) is 140 cm³/mol. The summed E-state index contributed by atoms with van der Waals surface area (Å²) in [4.78, 5) is 29.5. The average molecular weight is 524 g/mol. The van der Waals surface area contributed by atoms with E-state index >= 15 is 0 Å². The summed E-state index contributed by atoms with van der Waals surface area (Å²) in [7, 11) is 4.46. The Morgan fingerprint density at radius 2 is 1.76 bits per heavy atom. The first-order chi connectivity index (χ1) is 17.9. The first kappa shape index (κ1) is 24.9. The quantitative estimate of drug-likeness (QED) is 0.351. The summed E-state index contributed by atoms with van der Waals surface area (Å²) < 4.78 is 21.5. The molecular weight excluding hydrogens is 494 g/mol. The van der Waals surface area contributed by atoms with Crippen molar-refractivity contribution in [1.29, 1.82) is 0 Å². The Morgan fingerprint density at radius 3 is 2.38 bits per heavy atom. The van der Waals surface area contributed by atoms with Crippen molar-refractivity contribution in [2.45, 2.75) is 26.1 Å². The van der Waals surface area contributed by atoms with Gasteiger partial charge in [0.15, 0.2) is 11.5 Å². The van der Waals surface area contributed by atoms with Crippen molar-refractivity contribution in [3.8, 4) is 23.0 Å². The molecule has 0 saturated heterocycles. The number of nitrogens with zero attached hydrogens (tertiary/aromatic N) is 1. The minimum Gasteiger partial charge on any atom is -0.493 e. The topological polar surface area (TPSA) is 98.4 Å². The minimum absolute atomic E-state index is 0.0564. The zero-order chi connectivity index (χ0) is 26.1. The van der Waals surface area contributed by atoms with E-state index in [2.05, 4.69) is 22.5 Å². The molecule has 0 unspecified atom stereocenters. The van der Waals surface area contributed by atoms with Crippen LogP contribution in [0, 0.1) is 0 Å². The highest BCUT2D eigenvalue weighted by molar-refractivity contribution is 7.16. The molecule has 3 heterocycles. The molecule has 1 amide bonds. The molecule has 2 aliphatic rings. The summed E-state index contributed by atoms with van der Waals surface area (Å²) in [5.74, 6) is 0.868. The Balaban J connectivity index is 1.30. The molecule has 10 heteroatoms. The molecule has 37 heavy (non-hydrogen) atoms. The number of anilines is 1. The van der Waals surface area contributed by atoms with Gasteiger partial charge in [-0.25, -0.2) is 4.79 Å². The lowest BCUT2D eigenvalue weighted by atomic mass is 10.0. The third-order valence-corrected chi connectivity index (χ3v) is 7.83. The lowest BCUT2D eigenvalue weighted by Gasteiger charge is -2.28. The largest absolute Gasteiger partial charge is 0.493 e. The van der Waals surface area contributed by atoms with Gasteiger partial charge in [-0.1, -0.05) is 19.1 Å². The Bertz CT molecular complexity index is 1310. The Kier molecular flexibility index (Phi) is 6.94. The number of methoxy groups -OCH3 is 3. The van der Waals surface area contributed by atoms with Crippen LogP contribution in [0.2, 0.25) is 0 Å². The van der Waals surface area contributed by atoms with Crippen LogP contribution in [0.3, 0.4) is 0 Å². The van der Waals surface area contributed by atoms with E-state index in [9.17, 15) is 9.59 Å². The third-order valence-electron chi connectivity index (χ3n) is 6.69. The number of amides is 1. The number of thiophene rings is 1. The highest BCUT2D eigenvalue weighted by Crippen LogP contribution is 2.41. The van der Waals surface area contributed by atoms with Gasteiger partial charge in [0, 0.05) is 18.0 Å². The molecule has 0 bridgehead atoms. The number of carbonyl (C=O) groups excluding carboxylic acids is 2. The molecule has 1 aromatic heterocycles. The summed E-state index contributed by atoms with van der Waals surface area (Å²) in [5, 5.41) is 7.46. The molecular formula is C27H29N3O6S. The third kappa shape index (κ3) is 4.70. The number of carbonyl (C=O) groups is 2. The average Bonchev–Trinajstić information content (AvgIpc) is 3.30. The van der Waals surface area contributed by atoms with Crippen molar-refractivity contribution in [2.24, 2.45) is 0 Å². The molecule has 3 aromatic rings. The molecule has 0 spiro atoms. The van der Waals surface area contributed by atoms with Gasteiger partial charge < -0.3 is 29.6 Å². The van der Waals surface area contributed by atoms with E-state index in [4.69, 9.17) is 18.9 Å². The van der Waals surface area contributed by atoms with Gasteiger partial charge in [-0.05, 0) is 48.4 Å². The van der Waals surface area contributed by atoms with Crippen molar-refractivity contribution in [2.75, 3.05) is 39.7 Å². The second kappa shape index (κ2) is 10.3. The molecule has 2 N–H and O–H groups in total. The Labute approximate surface area is 219 Å². The first-order valence-corrected chi connectivity index (χ1v) is 12.8. The molecule has 9 nitrogen and oxygen atoms in total. The SMILES string of the molecule is CCN1CCc2c(sc3c2C(=O)N[C@@H](c2ccc(OC(=O)c4cc(OC)c(OC)c(OC)c4)cc2)N3)C1. The summed E-state index contributed by atoms with van der Waals surface area (Å²) in [6.07, 6.45) is 0.517. The van der Waals surface area contributed by atoms with Gasteiger partial charge in [0.05, 0.1) is 32.5 Å². The monoisotopic (exact) mass is 523 g/mol. The van der Waals surface area contributed by atoms with E-state index in [0.717, 1.165) is 42.2 Å². The van der Waals surface area contributed by atoms with E-state index in [1.807, 2.05) is 12.1 Å². The van der Waals surface area contributed by atoms with E-state index < -0.39 is 5.97 Å². The fourth-order valence-electron chi connectivity index (χ4n) is 4.70. The zero-order valence-electron chi connectivity index (χ0n) is 21.2. The van der Waals surface area contributed by atoms with Gasteiger partial charge in [0.2, 0.25) is 5.75 Å². The molecule has 0 aliphatic carbocycles. The zero-order valence-corrected chi connectivity index (χ0v) is 22.0. The van der Waals surface area contributed by atoms with Crippen molar-refractivity contribution < 1.29 is 28.5 Å². The lowest BCUT2D eigenvalue weighted by Crippen LogP contribution is -2.38. The van der Waals surface area contributed by atoms with Gasteiger partial charge in [-0.3, -0.25) is 9.69 Å². The normalized spacial score (nSPS) is 16.6. The number of ether oxygens (including phenoxy) is 4. The standard InChI is InChI=1S/C27H29N3O6S/c1-5-30-11-10-18-21(14-30)37-26-22(18)25(31)28-24(29-26)15-6-8-17(9-7-15)36-27(32)16-12-19(33-2)23(35-4)20(13-16)34-3/h6-9,12-13,24,29H,5,10-11,14H2,1-4H3,(H,28,31)/t24-/m1/s1. The van der Waals surface area contributed by atoms with Crippen LogP contribution in [-0.2, 0) is 13.0 Å². The fraction of sp³-hybridized carbons (Fsp3) is 0.333. The van der Waals surface area contributed by atoms with Crippen molar-refractivity contribution in [1.82, 2.24) is 10.2 Å². The molecule has 0 saturated carbocycles. The second-order valence-electron chi connectivity index (χ2n) is 8.75. The van der Waals surface area contributed by atoms with E-state index in [-0.39, 0.29) is 17.6 Å². The van der Waals surface area contributed by atoms with Crippen molar-refractivity contribution in [3.05, 3.63) is 63.5 Å². The molecule has 194 valence electrons. The Hall–Kier alpha value is -3.76. The van der Waals surface area contributed by atoms with Crippen molar-refractivity contribution in [3.63, 3.8) is 0 Å². The van der Waals surface area contributed by atoms with Crippen LogP contribution in [-0.4, -0.2) is 51.2 Å². The number of rotatable bonds is 7.